The number of benzene rings is 2. The van der Waals surface area contributed by atoms with Gasteiger partial charge in [0.05, 0.1) is 0 Å². The first kappa shape index (κ1) is 18.6. The van der Waals surface area contributed by atoms with Gasteiger partial charge >= 0.3 is 5.97 Å². The van der Waals surface area contributed by atoms with E-state index >= 15 is 0 Å². The van der Waals surface area contributed by atoms with Crippen LogP contribution in [0.25, 0.3) is 0 Å². The molecular weight excluding hydrogens is 326 g/mol. The molecule has 0 aromatic heterocycles. The van der Waals surface area contributed by atoms with Gasteiger partial charge in [-0.2, -0.15) is 0 Å². The number of nitrogens with zero attached hydrogens (tertiary/aromatic N) is 1. The van der Waals surface area contributed by atoms with E-state index in [4.69, 9.17) is 4.74 Å². The molecule has 0 unspecified atom stereocenters. The molecule has 1 N–H and O–H groups in total. The van der Waals surface area contributed by atoms with Crippen molar-refractivity contribution in [2.75, 3.05) is 19.6 Å². The van der Waals surface area contributed by atoms with Crippen LogP contribution in [-0.4, -0.2) is 41.7 Å². The number of likely N-dealkylation sites (N-methyl/N-ethyl adjacent to an activating group) is 1. The predicted octanol–water partition coefficient (Wildman–Crippen LogP) is 3.18. The second-order valence-corrected chi connectivity index (χ2v) is 7.10. The Morgan fingerprint density at radius 1 is 1.23 bits per heavy atom. The largest absolute Gasteiger partial charge is 0.458 e. The summed E-state index contributed by atoms with van der Waals surface area (Å²) < 4.78 is 5.77. The summed E-state index contributed by atoms with van der Waals surface area (Å²) in [4.78, 5) is 15.4. The van der Waals surface area contributed by atoms with Gasteiger partial charge in [0.2, 0.25) is 5.60 Å². The highest BCUT2D eigenvalue weighted by Crippen LogP contribution is 2.34. The molecule has 1 fully saturated rings. The van der Waals surface area contributed by atoms with Gasteiger partial charge in [-0.25, -0.2) is 4.79 Å². The van der Waals surface area contributed by atoms with Crippen molar-refractivity contribution in [3.63, 3.8) is 0 Å². The van der Waals surface area contributed by atoms with E-state index in [1.54, 1.807) is 12.1 Å². The van der Waals surface area contributed by atoms with Gasteiger partial charge < -0.3 is 9.84 Å². The number of aryl methyl sites for hydroxylation is 2. The Morgan fingerprint density at radius 3 is 2.58 bits per heavy atom. The third kappa shape index (κ3) is 3.53. The Morgan fingerprint density at radius 2 is 1.96 bits per heavy atom. The van der Waals surface area contributed by atoms with Crippen molar-refractivity contribution in [3.8, 4) is 0 Å². The van der Waals surface area contributed by atoms with Crippen LogP contribution in [0.4, 0.5) is 0 Å². The average molecular weight is 353 g/mol. The quantitative estimate of drug-likeness (QED) is 0.839. The smallest absolute Gasteiger partial charge is 0.348 e. The second kappa shape index (κ2) is 7.60. The average Bonchev–Trinajstić information content (AvgIpc) is 3.09. The Labute approximate surface area is 155 Å². The molecule has 0 spiro atoms. The van der Waals surface area contributed by atoms with Crippen LogP contribution in [0.2, 0.25) is 0 Å². The van der Waals surface area contributed by atoms with E-state index in [0.717, 1.165) is 37.2 Å². The monoisotopic (exact) mass is 353 g/mol. The molecule has 1 aliphatic heterocycles. The number of likely N-dealkylation sites (tertiary alicyclic amines) is 1. The fourth-order valence-corrected chi connectivity index (χ4v) is 3.70. The van der Waals surface area contributed by atoms with Gasteiger partial charge in [-0.1, -0.05) is 61.0 Å². The maximum Gasteiger partial charge on any atom is 0.348 e. The van der Waals surface area contributed by atoms with Crippen LogP contribution in [0.5, 0.6) is 0 Å². The van der Waals surface area contributed by atoms with E-state index in [1.807, 2.05) is 50.2 Å². The van der Waals surface area contributed by atoms with Crippen LogP contribution < -0.4 is 0 Å². The van der Waals surface area contributed by atoms with Crippen LogP contribution in [0.3, 0.4) is 0 Å². The van der Waals surface area contributed by atoms with Crippen LogP contribution in [0.1, 0.15) is 35.6 Å². The molecule has 0 aliphatic carbocycles. The number of esters is 1. The number of aliphatic hydroxyl groups is 1. The lowest BCUT2D eigenvalue weighted by Crippen LogP contribution is -2.41. The maximum absolute atomic E-state index is 13.2. The van der Waals surface area contributed by atoms with E-state index in [1.165, 1.54) is 0 Å². The third-order valence-corrected chi connectivity index (χ3v) is 5.21. The molecule has 4 heteroatoms. The summed E-state index contributed by atoms with van der Waals surface area (Å²) in [7, 11) is 0. The van der Waals surface area contributed by atoms with Gasteiger partial charge in [0.25, 0.3) is 0 Å². The van der Waals surface area contributed by atoms with Crippen LogP contribution in [-0.2, 0) is 15.1 Å². The molecule has 1 saturated heterocycles. The molecule has 0 bridgehead atoms. The van der Waals surface area contributed by atoms with Gasteiger partial charge in [0, 0.05) is 18.7 Å². The van der Waals surface area contributed by atoms with Gasteiger partial charge in [-0.05, 0) is 37.9 Å². The molecule has 0 radical (unpaired) electrons. The number of rotatable bonds is 5. The normalized spacial score (nSPS) is 19.9. The number of ether oxygens (including phenoxy) is 1. The first-order chi connectivity index (χ1) is 12.4. The molecule has 2 atom stereocenters. The topological polar surface area (TPSA) is 49.8 Å². The molecule has 2 aromatic rings. The fourth-order valence-electron chi connectivity index (χ4n) is 3.70. The lowest BCUT2D eigenvalue weighted by atomic mass is 9.83. The molecule has 138 valence electrons. The molecule has 1 aliphatic rings. The molecule has 1 heterocycles. The van der Waals surface area contributed by atoms with Crippen molar-refractivity contribution >= 4 is 5.97 Å². The third-order valence-electron chi connectivity index (χ3n) is 5.21. The Hall–Kier alpha value is -2.17. The first-order valence-electron chi connectivity index (χ1n) is 9.24. The highest BCUT2D eigenvalue weighted by molar-refractivity contribution is 5.86. The first-order valence-corrected chi connectivity index (χ1v) is 9.24. The highest BCUT2D eigenvalue weighted by atomic mass is 16.6. The molecule has 2 aromatic carbocycles. The highest BCUT2D eigenvalue weighted by Gasteiger charge is 2.44. The molecule has 4 nitrogen and oxygen atoms in total. The SMILES string of the molecule is CCN1CC[C@@H](OC(=O)[C@@](O)(c2ccccc2)c2ccc(C)cc2C)C1. The van der Waals surface area contributed by atoms with E-state index < -0.39 is 11.6 Å². The minimum atomic E-state index is -1.81. The lowest BCUT2D eigenvalue weighted by Gasteiger charge is -2.30. The van der Waals surface area contributed by atoms with Crippen molar-refractivity contribution in [1.82, 2.24) is 4.90 Å². The number of carbonyl (C=O) groups is 1. The predicted molar refractivity (Wildman–Crippen MR) is 102 cm³/mol. The summed E-state index contributed by atoms with van der Waals surface area (Å²) in [5, 5.41) is 11.6. The van der Waals surface area contributed by atoms with Crippen LogP contribution in [0, 0.1) is 13.8 Å². The van der Waals surface area contributed by atoms with Crippen molar-refractivity contribution in [1.29, 1.82) is 0 Å². The van der Waals surface area contributed by atoms with Gasteiger partial charge in [0.1, 0.15) is 6.10 Å². The lowest BCUT2D eigenvalue weighted by molar-refractivity contribution is -0.167. The standard InChI is InChI=1S/C22H27NO3/c1-4-23-13-12-19(15-23)26-21(24)22(25,18-8-6-5-7-9-18)20-11-10-16(2)14-17(20)3/h5-11,14,19,25H,4,12-13,15H2,1-3H3/t19-,22-/m1/s1. The molecule has 0 saturated carbocycles. The Balaban J connectivity index is 1.97. The molecular formula is C22H27NO3. The van der Waals surface area contributed by atoms with Crippen molar-refractivity contribution in [3.05, 3.63) is 70.8 Å². The summed E-state index contributed by atoms with van der Waals surface area (Å²) in [5.74, 6) is -0.599. The van der Waals surface area contributed by atoms with Crippen molar-refractivity contribution in [2.45, 2.75) is 38.9 Å². The second-order valence-electron chi connectivity index (χ2n) is 7.10. The molecule has 3 rings (SSSR count). The Bertz CT molecular complexity index is 774. The van der Waals surface area contributed by atoms with E-state index in [-0.39, 0.29) is 6.10 Å². The summed E-state index contributed by atoms with van der Waals surface area (Å²) in [6.45, 7) is 8.59. The summed E-state index contributed by atoms with van der Waals surface area (Å²) >= 11 is 0. The zero-order chi connectivity index (χ0) is 18.7. The molecule has 26 heavy (non-hydrogen) atoms. The van der Waals surface area contributed by atoms with E-state index in [2.05, 4.69) is 11.8 Å². The Kier molecular flexibility index (Phi) is 5.44. The maximum atomic E-state index is 13.2. The zero-order valence-corrected chi connectivity index (χ0v) is 15.7. The van der Waals surface area contributed by atoms with Crippen LogP contribution >= 0.6 is 0 Å². The van der Waals surface area contributed by atoms with Crippen molar-refractivity contribution in [2.24, 2.45) is 0 Å². The van der Waals surface area contributed by atoms with Crippen LogP contribution in [0.15, 0.2) is 48.5 Å². The number of hydrogen-bond donors (Lipinski definition) is 1. The van der Waals surface area contributed by atoms with E-state index in [9.17, 15) is 9.90 Å². The number of hydrogen-bond acceptors (Lipinski definition) is 4. The zero-order valence-electron chi connectivity index (χ0n) is 15.7. The summed E-state index contributed by atoms with van der Waals surface area (Å²) in [6.07, 6.45) is 0.626. The van der Waals surface area contributed by atoms with Gasteiger partial charge in [0.15, 0.2) is 0 Å². The van der Waals surface area contributed by atoms with Gasteiger partial charge in [-0.15, -0.1) is 0 Å². The number of carbonyl (C=O) groups excluding carboxylic acids is 1. The fraction of sp³-hybridized carbons (Fsp3) is 0.409. The van der Waals surface area contributed by atoms with Crippen molar-refractivity contribution < 1.29 is 14.6 Å². The minimum absolute atomic E-state index is 0.177. The van der Waals surface area contributed by atoms with Gasteiger partial charge in [-0.3, -0.25) is 4.90 Å². The summed E-state index contributed by atoms with van der Waals surface area (Å²) in [6, 6.07) is 14.8. The summed E-state index contributed by atoms with van der Waals surface area (Å²) in [5.41, 5.74) is 1.25. The minimum Gasteiger partial charge on any atom is -0.458 e. The van der Waals surface area contributed by atoms with E-state index in [0.29, 0.717) is 11.1 Å². The molecule has 0 amide bonds.